The first-order valence-corrected chi connectivity index (χ1v) is 7.04. The van der Waals surface area contributed by atoms with E-state index in [9.17, 15) is 0 Å². The highest BCUT2D eigenvalue weighted by molar-refractivity contribution is 4.55. The Labute approximate surface area is 102 Å². The van der Waals surface area contributed by atoms with Crippen molar-refractivity contribution >= 4 is 0 Å². The smallest absolute Gasteiger partial charge is 0.0667 e. The Balaban J connectivity index is 2.93. The van der Waals surface area contributed by atoms with Crippen LogP contribution in [0, 0.1) is 0 Å². The third kappa shape index (κ3) is 12.0. The van der Waals surface area contributed by atoms with E-state index in [1.165, 1.54) is 51.4 Å². The Morgan fingerprint density at radius 1 is 0.938 bits per heavy atom. The Bertz CT molecular complexity index is 128. The first-order valence-electron chi connectivity index (χ1n) is 7.04. The number of methoxy groups -OCH3 is 1. The van der Waals surface area contributed by atoms with Crippen molar-refractivity contribution < 1.29 is 4.74 Å². The second-order valence-corrected chi connectivity index (χ2v) is 4.73. The average Bonchev–Trinajstić information content (AvgIpc) is 2.31. The Hall–Kier alpha value is -0.0800. The van der Waals surface area contributed by atoms with E-state index in [1.54, 1.807) is 7.11 Å². The summed E-state index contributed by atoms with van der Waals surface area (Å²) in [7, 11) is 1.77. The molecule has 0 rings (SSSR count). The molecule has 0 aromatic carbocycles. The second-order valence-electron chi connectivity index (χ2n) is 4.73. The van der Waals surface area contributed by atoms with E-state index in [-0.39, 0.29) is 0 Å². The quantitative estimate of drug-likeness (QED) is 0.515. The lowest BCUT2D eigenvalue weighted by atomic mass is 10.1. The third-order valence-corrected chi connectivity index (χ3v) is 3.04. The van der Waals surface area contributed by atoms with Crippen molar-refractivity contribution in [3.63, 3.8) is 0 Å². The molecule has 0 spiro atoms. The summed E-state index contributed by atoms with van der Waals surface area (Å²) >= 11 is 0. The summed E-state index contributed by atoms with van der Waals surface area (Å²) in [4.78, 5) is 0. The normalized spacial score (nSPS) is 12.9. The van der Waals surface area contributed by atoms with Crippen LogP contribution in [0.3, 0.4) is 0 Å². The van der Waals surface area contributed by atoms with Crippen molar-refractivity contribution in [1.82, 2.24) is 5.32 Å². The van der Waals surface area contributed by atoms with Gasteiger partial charge in [-0.25, -0.2) is 0 Å². The standard InChI is InChI=1S/C14H31NO/c1-4-5-6-7-8-9-10-11-12-15-13-14(2)16-3/h14-15H,4-13H2,1-3H3. The molecule has 0 saturated heterocycles. The lowest BCUT2D eigenvalue weighted by Crippen LogP contribution is -2.26. The number of hydrogen-bond acceptors (Lipinski definition) is 2. The fourth-order valence-electron chi connectivity index (χ4n) is 1.77. The van der Waals surface area contributed by atoms with Gasteiger partial charge < -0.3 is 10.1 Å². The molecule has 0 aliphatic rings. The van der Waals surface area contributed by atoms with Crippen LogP contribution in [-0.2, 0) is 4.74 Å². The zero-order chi connectivity index (χ0) is 12.1. The molecule has 16 heavy (non-hydrogen) atoms. The van der Waals surface area contributed by atoms with Gasteiger partial charge >= 0.3 is 0 Å². The van der Waals surface area contributed by atoms with E-state index in [0.29, 0.717) is 6.10 Å². The van der Waals surface area contributed by atoms with Gasteiger partial charge in [-0.2, -0.15) is 0 Å². The number of unbranched alkanes of at least 4 members (excludes halogenated alkanes) is 7. The molecule has 0 aliphatic heterocycles. The van der Waals surface area contributed by atoms with E-state index in [1.807, 2.05) is 0 Å². The van der Waals surface area contributed by atoms with Gasteiger partial charge in [0.15, 0.2) is 0 Å². The second kappa shape index (κ2) is 13.0. The lowest BCUT2D eigenvalue weighted by Gasteiger charge is -2.10. The molecule has 0 aromatic rings. The van der Waals surface area contributed by atoms with Crippen LogP contribution in [-0.4, -0.2) is 26.3 Å². The highest BCUT2D eigenvalue weighted by Crippen LogP contribution is 2.07. The maximum atomic E-state index is 5.17. The minimum atomic E-state index is 0.342. The van der Waals surface area contributed by atoms with Gasteiger partial charge in [-0.1, -0.05) is 51.9 Å². The third-order valence-electron chi connectivity index (χ3n) is 3.04. The number of ether oxygens (including phenoxy) is 1. The molecular formula is C14H31NO. The molecule has 0 amide bonds. The van der Waals surface area contributed by atoms with Gasteiger partial charge in [0.2, 0.25) is 0 Å². The van der Waals surface area contributed by atoms with Crippen LogP contribution in [0.15, 0.2) is 0 Å². The molecule has 1 unspecified atom stereocenters. The predicted octanol–water partition coefficient (Wildman–Crippen LogP) is 3.75. The van der Waals surface area contributed by atoms with E-state index < -0.39 is 0 Å². The first kappa shape index (κ1) is 15.9. The van der Waals surface area contributed by atoms with Crippen LogP contribution >= 0.6 is 0 Å². The molecule has 0 bridgehead atoms. The fraction of sp³-hybridized carbons (Fsp3) is 1.00. The van der Waals surface area contributed by atoms with Gasteiger partial charge in [-0.15, -0.1) is 0 Å². The van der Waals surface area contributed by atoms with E-state index in [0.717, 1.165) is 13.1 Å². The Kier molecular flexibility index (Phi) is 12.9. The first-order chi connectivity index (χ1) is 7.81. The molecule has 0 saturated carbocycles. The molecule has 0 aromatic heterocycles. The zero-order valence-corrected chi connectivity index (χ0v) is 11.6. The van der Waals surface area contributed by atoms with Crippen LogP contribution in [0.4, 0.5) is 0 Å². The minimum Gasteiger partial charge on any atom is -0.380 e. The van der Waals surface area contributed by atoms with Crippen LogP contribution < -0.4 is 5.32 Å². The van der Waals surface area contributed by atoms with Gasteiger partial charge in [0.25, 0.3) is 0 Å². The predicted molar refractivity (Wildman–Crippen MR) is 72.0 cm³/mol. The van der Waals surface area contributed by atoms with Crippen molar-refractivity contribution in [1.29, 1.82) is 0 Å². The molecule has 2 nitrogen and oxygen atoms in total. The molecule has 1 N–H and O–H groups in total. The maximum Gasteiger partial charge on any atom is 0.0667 e. The SMILES string of the molecule is CCCCCCCCCCNCC(C)OC. The van der Waals surface area contributed by atoms with Gasteiger partial charge in [0.1, 0.15) is 0 Å². The van der Waals surface area contributed by atoms with Crippen molar-refractivity contribution in [3.8, 4) is 0 Å². The summed E-state index contributed by atoms with van der Waals surface area (Å²) in [6.45, 7) is 6.49. The minimum absolute atomic E-state index is 0.342. The largest absolute Gasteiger partial charge is 0.380 e. The van der Waals surface area contributed by atoms with Gasteiger partial charge in [-0.3, -0.25) is 0 Å². The van der Waals surface area contributed by atoms with Crippen molar-refractivity contribution in [2.75, 3.05) is 20.2 Å². The summed E-state index contributed by atoms with van der Waals surface area (Å²) in [6, 6.07) is 0. The van der Waals surface area contributed by atoms with Crippen molar-refractivity contribution in [3.05, 3.63) is 0 Å². The Morgan fingerprint density at radius 2 is 1.50 bits per heavy atom. The highest BCUT2D eigenvalue weighted by Gasteiger charge is 1.97. The maximum absolute atomic E-state index is 5.17. The van der Waals surface area contributed by atoms with Crippen LogP contribution in [0.25, 0.3) is 0 Å². The monoisotopic (exact) mass is 229 g/mol. The van der Waals surface area contributed by atoms with Gasteiger partial charge in [-0.05, 0) is 19.9 Å². The van der Waals surface area contributed by atoms with E-state index in [4.69, 9.17) is 4.74 Å². The summed E-state index contributed by atoms with van der Waals surface area (Å²) < 4.78 is 5.17. The van der Waals surface area contributed by atoms with Crippen molar-refractivity contribution in [2.24, 2.45) is 0 Å². The summed E-state index contributed by atoms with van der Waals surface area (Å²) in [6.07, 6.45) is 11.5. The molecule has 1 atom stereocenters. The van der Waals surface area contributed by atoms with E-state index >= 15 is 0 Å². The lowest BCUT2D eigenvalue weighted by molar-refractivity contribution is 0.117. The molecule has 0 radical (unpaired) electrons. The van der Waals surface area contributed by atoms with Crippen molar-refractivity contribution in [2.45, 2.75) is 71.3 Å². The molecule has 2 heteroatoms. The number of nitrogens with one attached hydrogen (secondary N) is 1. The van der Waals surface area contributed by atoms with Gasteiger partial charge in [0.05, 0.1) is 6.10 Å². The molecule has 0 heterocycles. The molecule has 98 valence electrons. The van der Waals surface area contributed by atoms with E-state index in [2.05, 4.69) is 19.2 Å². The highest BCUT2D eigenvalue weighted by atomic mass is 16.5. The van der Waals surface area contributed by atoms with Crippen LogP contribution in [0.1, 0.15) is 65.2 Å². The van der Waals surface area contributed by atoms with Gasteiger partial charge in [0, 0.05) is 13.7 Å². The molecule has 0 aliphatic carbocycles. The topological polar surface area (TPSA) is 21.3 Å². The molecular weight excluding hydrogens is 198 g/mol. The summed E-state index contributed by atoms with van der Waals surface area (Å²) in [5.41, 5.74) is 0. The summed E-state index contributed by atoms with van der Waals surface area (Å²) in [5, 5.41) is 3.42. The van der Waals surface area contributed by atoms with Crippen LogP contribution in [0.5, 0.6) is 0 Å². The zero-order valence-electron chi connectivity index (χ0n) is 11.6. The fourth-order valence-corrected chi connectivity index (χ4v) is 1.77. The number of hydrogen-bond donors (Lipinski definition) is 1. The molecule has 0 fully saturated rings. The number of rotatable bonds is 12. The Morgan fingerprint density at radius 3 is 2.06 bits per heavy atom. The average molecular weight is 229 g/mol. The summed E-state index contributed by atoms with van der Waals surface area (Å²) in [5.74, 6) is 0. The van der Waals surface area contributed by atoms with Crippen LogP contribution in [0.2, 0.25) is 0 Å².